The number of nitrogens with one attached hydrogen (secondary N) is 1. The summed E-state index contributed by atoms with van der Waals surface area (Å²) in [5.41, 5.74) is 1.45. The van der Waals surface area contributed by atoms with Crippen molar-refractivity contribution in [3.8, 4) is 0 Å². The van der Waals surface area contributed by atoms with E-state index in [9.17, 15) is 0 Å². The number of likely N-dealkylation sites (tertiary alicyclic amines) is 1. The minimum Gasteiger partial charge on any atom is -0.356 e. The first kappa shape index (κ1) is 16.2. The molecule has 1 saturated heterocycles. The van der Waals surface area contributed by atoms with Gasteiger partial charge in [-0.25, -0.2) is 0 Å². The number of rotatable bonds is 6. The third-order valence-electron chi connectivity index (χ3n) is 3.97. The lowest BCUT2D eigenvalue weighted by Gasteiger charge is -2.21. The fourth-order valence-electron chi connectivity index (χ4n) is 2.89. The Kier molecular flexibility index (Phi) is 6.93. The fourth-order valence-corrected chi connectivity index (χ4v) is 3.32. The SMILES string of the molecule is CN=C(NCCCSC)N1CCC(Cc2ccccc2)C1. The highest BCUT2D eigenvalue weighted by atomic mass is 32.2. The number of aliphatic imine (C=N–C) groups is 1. The van der Waals surface area contributed by atoms with E-state index in [4.69, 9.17) is 0 Å². The van der Waals surface area contributed by atoms with Crippen LogP contribution in [0.15, 0.2) is 35.3 Å². The highest BCUT2D eigenvalue weighted by molar-refractivity contribution is 7.98. The lowest BCUT2D eigenvalue weighted by Crippen LogP contribution is -2.40. The maximum atomic E-state index is 4.43. The minimum atomic E-state index is 0.747. The molecule has 0 bridgehead atoms. The molecule has 1 N–H and O–H groups in total. The Hall–Kier alpha value is -1.16. The summed E-state index contributed by atoms with van der Waals surface area (Å²) in [6.45, 7) is 3.27. The molecular formula is C17H27N3S. The van der Waals surface area contributed by atoms with Gasteiger partial charge in [-0.1, -0.05) is 30.3 Å². The lowest BCUT2D eigenvalue weighted by molar-refractivity contribution is 0.460. The van der Waals surface area contributed by atoms with Crippen molar-refractivity contribution < 1.29 is 0 Å². The molecule has 1 fully saturated rings. The van der Waals surface area contributed by atoms with Crippen molar-refractivity contribution in [3.63, 3.8) is 0 Å². The quantitative estimate of drug-likeness (QED) is 0.497. The first-order valence-corrected chi connectivity index (χ1v) is 9.21. The van der Waals surface area contributed by atoms with E-state index in [1.165, 1.54) is 30.6 Å². The first-order valence-electron chi connectivity index (χ1n) is 7.82. The van der Waals surface area contributed by atoms with E-state index in [-0.39, 0.29) is 0 Å². The molecule has 1 unspecified atom stereocenters. The number of guanidine groups is 1. The summed E-state index contributed by atoms with van der Waals surface area (Å²) in [4.78, 5) is 6.84. The van der Waals surface area contributed by atoms with E-state index in [1.54, 1.807) is 0 Å². The predicted molar refractivity (Wildman–Crippen MR) is 94.2 cm³/mol. The molecule has 0 saturated carbocycles. The second kappa shape index (κ2) is 8.98. The van der Waals surface area contributed by atoms with Gasteiger partial charge in [-0.3, -0.25) is 4.99 Å². The van der Waals surface area contributed by atoms with E-state index in [0.29, 0.717) is 0 Å². The highest BCUT2D eigenvalue weighted by Gasteiger charge is 2.24. The molecule has 116 valence electrons. The topological polar surface area (TPSA) is 27.6 Å². The van der Waals surface area contributed by atoms with E-state index in [0.717, 1.165) is 31.5 Å². The molecule has 1 aromatic carbocycles. The van der Waals surface area contributed by atoms with Crippen LogP contribution in [0.5, 0.6) is 0 Å². The van der Waals surface area contributed by atoms with Crippen LogP contribution < -0.4 is 5.32 Å². The van der Waals surface area contributed by atoms with Crippen LogP contribution in [-0.2, 0) is 6.42 Å². The van der Waals surface area contributed by atoms with Gasteiger partial charge in [-0.15, -0.1) is 0 Å². The molecule has 0 amide bonds. The van der Waals surface area contributed by atoms with Crippen molar-refractivity contribution in [2.24, 2.45) is 10.9 Å². The zero-order valence-corrected chi connectivity index (χ0v) is 14.0. The Bertz CT molecular complexity index is 433. The minimum absolute atomic E-state index is 0.747. The monoisotopic (exact) mass is 305 g/mol. The van der Waals surface area contributed by atoms with Crippen molar-refractivity contribution in [2.45, 2.75) is 19.3 Å². The average Bonchev–Trinajstić information content (AvgIpc) is 2.97. The van der Waals surface area contributed by atoms with Crippen LogP contribution in [0, 0.1) is 5.92 Å². The van der Waals surface area contributed by atoms with Gasteiger partial charge >= 0.3 is 0 Å². The maximum Gasteiger partial charge on any atom is 0.193 e. The van der Waals surface area contributed by atoms with E-state index >= 15 is 0 Å². The van der Waals surface area contributed by atoms with Gasteiger partial charge in [0.15, 0.2) is 5.96 Å². The van der Waals surface area contributed by atoms with E-state index in [1.807, 2.05) is 18.8 Å². The summed E-state index contributed by atoms with van der Waals surface area (Å²) in [5.74, 6) is 3.03. The van der Waals surface area contributed by atoms with E-state index < -0.39 is 0 Å². The van der Waals surface area contributed by atoms with Crippen LogP contribution in [0.3, 0.4) is 0 Å². The summed E-state index contributed by atoms with van der Waals surface area (Å²) in [6, 6.07) is 10.8. The molecule has 1 aromatic rings. The van der Waals surface area contributed by atoms with Crippen LogP contribution in [0.4, 0.5) is 0 Å². The Morgan fingerprint density at radius 2 is 2.19 bits per heavy atom. The lowest BCUT2D eigenvalue weighted by atomic mass is 9.99. The van der Waals surface area contributed by atoms with Gasteiger partial charge in [0.25, 0.3) is 0 Å². The summed E-state index contributed by atoms with van der Waals surface area (Å²) in [6.07, 6.45) is 5.80. The zero-order valence-electron chi connectivity index (χ0n) is 13.2. The molecule has 1 heterocycles. The van der Waals surface area contributed by atoms with Gasteiger partial charge in [-0.2, -0.15) is 11.8 Å². The highest BCUT2D eigenvalue weighted by Crippen LogP contribution is 2.20. The largest absolute Gasteiger partial charge is 0.356 e. The standard InChI is InChI=1S/C17H27N3S/c1-18-17(19-10-6-12-21-2)20-11-9-16(14-20)13-15-7-4-3-5-8-15/h3-5,7-8,16H,6,9-14H2,1-2H3,(H,18,19). The Labute approximate surface area is 133 Å². The number of nitrogens with zero attached hydrogens (tertiary/aromatic N) is 2. The summed E-state index contributed by atoms with van der Waals surface area (Å²) in [7, 11) is 1.89. The Morgan fingerprint density at radius 1 is 1.38 bits per heavy atom. The molecule has 2 rings (SSSR count). The molecule has 1 aliphatic rings. The van der Waals surface area contributed by atoms with Crippen LogP contribution >= 0.6 is 11.8 Å². The smallest absolute Gasteiger partial charge is 0.193 e. The molecule has 21 heavy (non-hydrogen) atoms. The third kappa shape index (κ3) is 5.27. The molecule has 4 heteroatoms. The number of hydrogen-bond donors (Lipinski definition) is 1. The Balaban J connectivity index is 1.77. The molecule has 0 spiro atoms. The second-order valence-corrected chi connectivity index (χ2v) is 6.60. The zero-order chi connectivity index (χ0) is 14.9. The predicted octanol–water partition coefficient (Wildman–Crippen LogP) is 2.88. The molecule has 0 aliphatic carbocycles. The number of thioether (sulfide) groups is 1. The molecular weight excluding hydrogens is 278 g/mol. The van der Waals surface area contributed by atoms with Gasteiger partial charge in [0.2, 0.25) is 0 Å². The van der Waals surface area contributed by atoms with Crippen molar-refractivity contribution in [3.05, 3.63) is 35.9 Å². The molecule has 0 radical (unpaired) electrons. The summed E-state index contributed by atoms with van der Waals surface area (Å²) >= 11 is 1.90. The van der Waals surface area contributed by atoms with Crippen molar-refractivity contribution in [1.29, 1.82) is 0 Å². The third-order valence-corrected chi connectivity index (χ3v) is 4.67. The summed E-state index contributed by atoms with van der Waals surface area (Å²) < 4.78 is 0. The summed E-state index contributed by atoms with van der Waals surface area (Å²) in [5, 5.41) is 3.49. The average molecular weight is 305 g/mol. The van der Waals surface area contributed by atoms with Gasteiger partial charge < -0.3 is 10.2 Å². The van der Waals surface area contributed by atoms with Gasteiger partial charge in [0, 0.05) is 26.7 Å². The first-order chi connectivity index (χ1) is 10.3. The Morgan fingerprint density at radius 3 is 2.90 bits per heavy atom. The van der Waals surface area contributed by atoms with Crippen LogP contribution in [-0.4, -0.2) is 49.6 Å². The molecule has 0 aromatic heterocycles. The van der Waals surface area contributed by atoms with Crippen molar-refractivity contribution in [2.75, 3.05) is 38.7 Å². The molecule has 1 atom stereocenters. The van der Waals surface area contributed by atoms with Gasteiger partial charge in [0.1, 0.15) is 0 Å². The second-order valence-electron chi connectivity index (χ2n) is 5.61. The van der Waals surface area contributed by atoms with Crippen LogP contribution in [0.25, 0.3) is 0 Å². The van der Waals surface area contributed by atoms with Gasteiger partial charge in [0.05, 0.1) is 0 Å². The fraction of sp³-hybridized carbons (Fsp3) is 0.588. The maximum absolute atomic E-state index is 4.43. The molecule has 1 aliphatic heterocycles. The number of hydrogen-bond acceptors (Lipinski definition) is 2. The van der Waals surface area contributed by atoms with Crippen molar-refractivity contribution >= 4 is 17.7 Å². The van der Waals surface area contributed by atoms with Crippen molar-refractivity contribution in [1.82, 2.24) is 10.2 Å². The van der Waals surface area contributed by atoms with E-state index in [2.05, 4.69) is 51.8 Å². The normalized spacial score (nSPS) is 19.0. The van der Waals surface area contributed by atoms with Crippen LogP contribution in [0.2, 0.25) is 0 Å². The van der Waals surface area contributed by atoms with Crippen LogP contribution in [0.1, 0.15) is 18.4 Å². The number of benzene rings is 1. The molecule has 3 nitrogen and oxygen atoms in total. The van der Waals surface area contributed by atoms with Gasteiger partial charge in [-0.05, 0) is 42.8 Å².